The van der Waals surface area contributed by atoms with Gasteiger partial charge in [0.05, 0.1) is 6.04 Å². The molecule has 18 heavy (non-hydrogen) atoms. The van der Waals surface area contributed by atoms with E-state index in [1.54, 1.807) is 18.2 Å². The van der Waals surface area contributed by atoms with Crippen molar-refractivity contribution in [3.8, 4) is 0 Å². The molecule has 1 aromatic carbocycles. The van der Waals surface area contributed by atoms with E-state index in [2.05, 4.69) is 15.5 Å². The largest absolute Gasteiger partial charge is 0.338 e. The number of hydrogen-bond acceptors (Lipinski definition) is 4. The van der Waals surface area contributed by atoms with E-state index < -0.39 is 0 Å². The molecule has 1 atom stereocenters. The molecule has 0 bridgehead atoms. The molecule has 96 valence electrons. The smallest absolute Gasteiger partial charge is 0.243 e. The fourth-order valence-corrected chi connectivity index (χ4v) is 2.03. The molecule has 4 nitrogen and oxygen atoms in total. The highest BCUT2D eigenvalue weighted by Gasteiger charge is 2.14. The van der Waals surface area contributed by atoms with Crippen molar-refractivity contribution in [3.05, 3.63) is 45.5 Å². The van der Waals surface area contributed by atoms with Gasteiger partial charge in [0.2, 0.25) is 5.89 Å². The van der Waals surface area contributed by atoms with Gasteiger partial charge in [-0.2, -0.15) is 4.98 Å². The lowest BCUT2D eigenvalue weighted by Crippen LogP contribution is -2.12. The van der Waals surface area contributed by atoms with Crippen LogP contribution in [-0.4, -0.2) is 17.2 Å². The molecule has 0 aliphatic heterocycles. The van der Waals surface area contributed by atoms with Crippen LogP contribution in [0.25, 0.3) is 0 Å². The molecular weight excluding hydrogens is 273 g/mol. The third kappa shape index (κ3) is 2.83. The van der Waals surface area contributed by atoms with Crippen LogP contribution in [0.1, 0.15) is 30.2 Å². The van der Waals surface area contributed by atoms with Crippen molar-refractivity contribution >= 4 is 23.2 Å². The summed E-state index contributed by atoms with van der Waals surface area (Å²) < 4.78 is 5.16. The maximum atomic E-state index is 6.09. The van der Waals surface area contributed by atoms with Crippen molar-refractivity contribution in [3.63, 3.8) is 0 Å². The zero-order valence-electron chi connectivity index (χ0n) is 10.1. The van der Waals surface area contributed by atoms with E-state index >= 15 is 0 Å². The molecule has 6 heteroatoms. The minimum absolute atomic E-state index is 0.0213. The maximum absolute atomic E-state index is 6.09. The predicted octanol–water partition coefficient (Wildman–Crippen LogP) is 3.25. The lowest BCUT2D eigenvalue weighted by atomic mass is 10.1. The molecular formula is C12H13Cl2N3O. The second kappa shape index (κ2) is 5.69. The van der Waals surface area contributed by atoms with Crippen LogP contribution in [0.4, 0.5) is 0 Å². The summed E-state index contributed by atoms with van der Waals surface area (Å²) in [6.45, 7) is 1.94. The summed E-state index contributed by atoms with van der Waals surface area (Å²) in [5.41, 5.74) is 0.810. The van der Waals surface area contributed by atoms with Crippen LogP contribution in [0.2, 0.25) is 10.0 Å². The van der Waals surface area contributed by atoms with Gasteiger partial charge < -0.3 is 9.84 Å². The monoisotopic (exact) mass is 285 g/mol. The van der Waals surface area contributed by atoms with Crippen LogP contribution in [0.3, 0.4) is 0 Å². The average Bonchev–Trinajstić information content (AvgIpc) is 2.81. The first-order valence-corrected chi connectivity index (χ1v) is 6.30. The van der Waals surface area contributed by atoms with Crippen LogP contribution >= 0.6 is 23.2 Å². The Morgan fingerprint density at radius 1 is 1.33 bits per heavy atom. The van der Waals surface area contributed by atoms with Crippen molar-refractivity contribution in [2.24, 2.45) is 0 Å². The second-order valence-electron chi connectivity index (χ2n) is 3.94. The molecule has 2 aromatic rings. The first-order chi connectivity index (χ1) is 8.61. The summed E-state index contributed by atoms with van der Waals surface area (Å²) in [6, 6.07) is 5.41. The molecule has 0 saturated carbocycles. The molecule has 0 fully saturated rings. The van der Waals surface area contributed by atoms with Gasteiger partial charge in [-0.25, -0.2) is 0 Å². The van der Waals surface area contributed by atoms with Crippen molar-refractivity contribution in [2.45, 2.75) is 19.4 Å². The number of nitrogens with one attached hydrogen (secondary N) is 1. The Morgan fingerprint density at radius 3 is 2.61 bits per heavy atom. The molecule has 1 heterocycles. The number of nitrogens with zero attached hydrogens (tertiary/aromatic N) is 2. The summed E-state index contributed by atoms with van der Waals surface area (Å²) in [7, 11) is 1.83. The van der Waals surface area contributed by atoms with Crippen molar-refractivity contribution in [1.29, 1.82) is 0 Å². The molecule has 0 aliphatic carbocycles. The van der Waals surface area contributed by atoms with E-state index in [1.165, 1.54) is 0 Å². The quantitative estimate of drug-likeness (QED) is 0.937. The van der Waals surface area contributed by atoms with E-state index in [9.17, 15) is 0 Å². The Bertz CT molecular complexity index is 522. The summed E-state index contributed by atoms with van der Waals surface area (Å²) in [5.74, 6) is 1.12. The zero-order chi connectivity index (χ0) is 13.1. The average molecular weight is 286 g/mol. The Labute approximate surface area is 115 Å². The lowest BCUT2D eigenvalue weighted by Gasteiger charge is -2.03. The highest BCUT2D eigenvalue weighted by Crippen LogP contribution is 2.26. The van der Waals surface area contributed by atoms with E-state index in [0.717, 1.165) is 5.56 Å². The van der Waals surface area contributed by atoms with Gasteiger partial charge in [0.15, 0.2) is 5.82 Å². The van der Waals surface area contributed by atoms with Crippen LogP contribution < -0.4 is 5.32 Å². The number of halogens is 2. The van der Waals surface area contributed by atoms with Gasteiger partial charge in [-0.1, -0.05) is 34.4 Å². The molecule has 0 amide bonds. The molecule has 0 saturated heterocycles. The van der Waals surface area contributed by atoms with E-state index in [4.69, 9.17) is 27.7 Å². The lowest BCUT2D eigenvalue weighted by molar-refractivity contribution is 0.344. The van der Waals surface area contributed by atoms with Gasteiger partial charge in [-0.05, 0) is 31.7 Å². The third-order valence-electron chi connectivity index (χ3n) is 2.68. The Balaban J connectivity index is 2.21. The minimum Gasteiger partial charge on any atom is -0.338 e. The van der Waals surface area contributed by atoms with Crippen molar-refractivity contribution in [2.75, 3.05) is 7.05 Å². The zero-order valence-corrected chi connectivity index (χ0v) is 11.6. The van der Waals surface area contributed by atoms with Gasteiger partial charge >= 0.3 is 0 Å². The van der Waals surface area contributed by atoms with Gasteiger partial charge in [-0.3, -0.25) is 0 Å². The van der Waals surface area contributed by atoms with Crippen molar-refractivity contribution < 1.29 is 4.52 Å². The normalized spacial score (nSPS) is 12.7. The van der Waals surface area contributed by atoms with E-state index in [-0.39, 0.29) is 6.04 Å². The first kappa shape index (κ1) is 13.3. The molecule has 1 aromatic heterocycles. The van der Waals surface area contributed by atoms with Crippen LogP contribution in [0.15, 0.2) is 22.7 Å². The van der Waals surface area contributed by atoms with Gasteiger partial charge in [0.25, 0.3) is 0 Å². The molecule has 2 rings (SSSR count). The van der Waals surface area contributed by atoms with Gasteiger partial charge in [0, 0.05) is 16.5 Å². The molecule has 1 N–H and O–H groups in total. The molecule has 0 radical (unpaired) electrons. The van der Waals surface area contributed by atoms with Crippen LogP contribution in [0.5, 0.6) is 0 Å². The Hall–Kier alpha value is -1.10. The number of benzene rings is 1. The highest BCUT2D eigenvalue weighted by molar-refractivity contribution is 6.36. The van der Waals surface area contributed by atoms with Crippen LogP contribution in [-0.2, 0) is 6.42 Å². The van der Waals surface area contributed by atoms with Gasteiger partial charge in [0.1, 0.15) is 0 Å². The molecule has 0 aliphatic rings. The summed E-state index contributed by atoms with van der Waals surface area (Å²) >= 11 is 12.2. The summed E-state index contributed by atoms with van der Waals surface area (Å²) in [4.78, 5) is 4.30. The van der Waals surface area contributed by atoms with Gasteiger partial charge in [-0.15, -0.1) is 0 Å². The van der Waals surface area contributed by atoms with Crippen LogP contribution in [0, 0.1) is 0 Å². The third-order valence-corrected chi connectivity index (χ3v) is 3.39. The maximum Gasteiger partial charge on any atom is 0.243 e. The SMILES string of the molecule is CNC(C)c1nc(Cc2c(Cl)cccc2Cl)no1. The topological polar surface area (TPSA) is 51.0 Å². The summed E-state index contributed by atoms with van der Waals surface area (Å²) in [5, 5.41) is 8.17. The number of hydrogen-bond donors (Lipinski definition) is 1. The standard InChI is InChI=1S/C12H13Cl2N3O/c1-7(15-2)12-16-11(17-18-12)6-8-9(13)4-3-5-10(8)14/h3-5,7,15H,6H2,1-2H3. The Morgan fingerprint density at radius 2 is 2.00 bits per heavy atom. The highest BCUT2D eigenvalue weighted by atomic mass is 35.5. The minimum atomic E-state index is 0.0213. The second-order valence-corrected chi connectivity index (χ2v) is 4.75. The van der Waals surface area contributed by atoms with Crippen molar-refractivity contribution in [1.82, 2.24) is 15.5 Å². The fourth-order valence-electron chi connectivity index (χ4n) is 1.50. The number of rotatable bonds is 4. The fraction of sp³-hybridized carbons (Fsp3) is 0.333. The molecule has 0 spiro atoms. The Kier molecular flexibility index (Phi) is 4.22. The predicted molar refractivity (Wildman–Crippen MR) is 71.0 cm³/mol. The van der Waals surface area contributed by atoms with E-state index in [1.807, 2.05) is 14.0 Å². The molecule has 1 unspecified atom stereocenters. The number of aromatic nitrogens is 2. The van der Waals surface area contributed by atoms with E-state index in [0.29, 0.717) is 28.2 Å². The first-order valence-electron chi connectivity index (χ1n) is 5.54. The summed E-state index contributed by atoms with van der Waals surface area (Å²) in [6.07, 6.45) is 0.457.